The number of H-pyrrole nitrogens is 1. The minimum atomic E-state index is 0.123. The number of aryl methyl sites for hydroxylation is 1. The summed E-state index contributed by atoms with van der Waals surface area (Å²) in [5, 5.41) is 6.35. The van der Waals surface area contributed by atoms with Crippen molar-refractivity contribution in [3.8, 4) is 0 Å². The van der Waals surface area contributed by atoms with E-state index in [1.165, 1.54) is 0 Å². The van der Waals surface area contributed by atoms with Crippen LogP contribution in [-0.4, -0.2) is 16.3 Å². The van der Waals surface area contributed by atoms with Gasteiger partial charge in [-0.1, -0.05) is 0 Å². The number of nitrogens with zero attached hydrogens (tertiary/aromatic N) is 1. The van der Waals surface area contributed by atoms with Crippen LogP contribution in [0.2, 0.25) is 0 Å². The first-order chi connectivity index (χ1) is 5.70. The lowest BCUT2D eigenvalue weighted by Crippen LogP contribution is -2.29. The minimum Gasteiger partial charge on any atom is -0.309 e. The van der Waals surface area contributed by atoms with Crippen LogP contribution in [0.4, 0.5) is 0 Å². The maximum absolute atomic E-state index is 11.5. The largest absolute Gasteiger partial charge is 0.309 e. The Morgan fingerprint density at radius 2 is 2.33 bits per heavy atom. The molecular weight excluding hydrogens is 154 g/mol. The summed E-state index contributed by atoms with van der Waals surface area (Å²) >= 11 is 0. The molecule has 1 aromatic heterocycles. The van der Waals surface area contributed by atoms with Crippen LogP contribution in [0.25, 0.3) is 0 Å². The van der Waals surface area contributed by atoms with E-state index in [0.29, 0.717) is 0 Å². The molecule has 0 aliphatic carbocycles. The fourth-order valence-electron chi connectivity index (χ4n) is 1.73. The second-order valence-electron chi connectivity index (χ2n) is 3.29. The monoisotopic (exact) mass is 167 g/mol. The van der Waals surface area contributed by atoms with Crippen molar-refractivity contribution in [2.24, 2.45) is 7.05 Å². The Morgan fingerprint density at radius 3 is 3.00 bits per heavy atom. The van der Waals surface area contributed by atoms with Crippen LogP contribution in [0, 0.1) is 0 Å². The van der Waals surface area contributed by atoms with Gasteiger partial charge in [-0.3, -0.25) is 14.6 Å². The van der Waals surface area contributed by atoms with Crippen LogP contribution in [0.15, 0.2) is 4.79 Å². The maximum atomic E-state index is 11.5. The predicted octanol–water partition coefficient (Wildman–Crippen LogP) is -0.0799. The van der Waals surface area contributed by atoms with Crippen LogP contribution in [0.1, 0.15) is 24.2 Å². The maximum Gasteiger partial charge on any atom is 0.269 e. The molecule has 0 spiro atoms. The molecule has 4 heteroatoms. The standard InChI is InChI=1S/C8H13N3O/c1-5-7-6(3-4-9-5)8(12)11(2)10-7/h5,9-10H,3-4H2,1-2H3. The summed E-state index contributed by atoms with van der Waals surface area (Å²) in [6.45, 7) is 2.97. The highest BCUT2D eigenvalue weighted by Gasteiger charge is 2.20. The molecule has 12 heavy (non-hydrogen) atoms. The van der Waals surface area contributed by atoms with E-state index in [4.69, 9.17) is 0 Å². The predicted molar refractivity (Wildman–Crippen MR) is 46.2 cm³/mol. The molecule has 0 saturated heterocycles. The van der Waals surface area contributed by atoms with Gasteiger partial charge in [0.15, 0.2) is 0 Å². The first-order valence-electron chi connectivity index (χ1n) is 4.21. The molecule has 1 aliphatic rings. The van der Waals surface area contributed by atoms with Crippen molar-refractivity contribution in [3.05, 3.63) is 21.6 Å². The summed E-state index contributed by atoms with van der Waals surface area (Å²) in [5.74, 6) is 0. The van der Waals surface area contributed by atoms with Crippen LogP contribution in [-0.2, 0) is 13.5 Å². The van der Waals surface area contributed by atoms with Crippen LogP contribution < -0.4 is 10.9 Å². The number of hydrogen-bond acceptors (Lipinski definition) is 2. The molecular formula is C8H13N3O. The van der Waals surface area contributed by atoms with Gasteiger partial charge in [0.2, 0.25) is 0 Å². The molecule has 0 radical (unpaired) electrons. The first-order valence-corrected chi connectivity index (χ1v) is 4.21. The molecule has 1 atom stereocenters. The van der Waals surface area contributed by atoms with Gasteiger partial charge in [0.05, 0.1) is 5.69 Å². The number of aromatic amines is 1. The molecule has 0 bridgehead atoms. The summed E-state index contributed by atoms with van der Waals surface area (Å²) in [7, 11) is 1.76. The molecule has 2 N–H and O–H groups in total. The van der Waals surface area contributed by atoms with E-state index in [1.54, 1.807) is 11.7 Å². The fourth-order valence-corrected chi connectivity index (χ4v) is 1.73. The molecule has 1 aromatic rings. The lowest BCUT2D eigenvalue weighted by molar-refractivity contribution is 0.525. The molecule has 66 valence electrons. The third kappa shape index (κ3) is 0.914. The SMILES string of the molecule is CC1NCCc2c1[nH]n(C)c2=O. The molecule has 2 heterocycles. The van der Waals surface area contributed by atoms with Crippen LogP contribution >= 0.6 is 0 Å². The minimum absolute atomic E-state index is 0.123. The van der Waals surface area contributed by atoms with Gasteiger partial charge < -0.3 is 5.32 Å². The number of aromatic nitrogens is 2. The van der Waals surface area contributed by atoms with Crippen LogP contribution in [0.3, 0.4) is 0 Å². The molecule has 0 aromatic carbocycles. The van der Waals surface area contributed by atoms with E-state index in [2.05, 4.69) is 17.3 Å². The zero-order valence-corrected chi connectivity index (χ0v) is 7.35. The number of hydrogen-bond donors (Lipinski definition) is 2. The third-order valence-electron chi connectivity index (χ3n) is 2.43. The highest BCUT2D eigenvalue weighted by atomic mass is 16.1. The van der Waals surface area contributed by atoms with Crippen molar-refractivity contribution >= 4 is 0 Å². The average Bonchev–Trinajstić information content (AvgIpc) is 2.32. The zero-order valence-electron chi connectivity index (χ0n) is 7.35. The molecule has 1 unspecified atom stereocenters. The Hall–Kier alpha value is -1.03. The van der Waals surface area contributed by atoms with Gasteiger partial charge in [0, 0.05) is 25.2 Å². The van der Waals surface area contributed by atoms with Gasteiger partial charge in [-0.2, -0.15) is 0 Å². The van der Waals surface area contributed by atoms with Gasteiger partial charge >= 0.3 is 0 Å². The number of rotatable bonds is 0. The van der Waals surface area contributed by atoms with Crippen molar-refractivity contribution < 1.29 is 0 Å². The Kier molecular flexibility index (Phi) is 1.58. The second kappa shape index (κ2) is 2.48. The summed E-state index contributed by atoms with van der Waals surface area (Å²) in [6, 6.07) is 0.280. The molecule has 1 aliphatic heterocycles. The van der Waals surface area contributed by atoms with Crippen LogP contribution in [0.5, 0.6) is 0 Å². The van der Waals surface area contributed by atoms with E-state index < -0.39 is 0 Å². The highest BCUT2D eigenvalue weighted by Crippen LogP contribution is 2.16. The molecule has 4 nitrogen and oxygen atoms in total. The van der Waals surface area contributed by atoms with Crippen molar-refractivity contribution in [3.63, 3.8) is 0 Å². The Balaban J connectivity index is 2.60. The van der Waals surface area contributed by atoms with E-state index in [0.717, 1.165) is 24.2 Å². The highest BCUT2D eigenvalue weighted by molar-refractivity contribution is 5.23. The first kappa shape index (κ1) is 7.61. The quantitative estimate of drug-likeness (QED) is 0.568. The average molecular weight is 167 g/mol. The molecule has 0 fully saturated rings. The zero-order chi connectivity index (χ0) is 8.72. The lowest BCUT2D eigenvalue weighted by atomic mass is 10.0. The lowest BCUT2D eigenvalue weighted by Gasteiger charge is -2.18. The van der Waals surface area contributed by atoms with Gasteiger partial charge in [0.1, 0.15) is 0 Å². The summed E-state index contributed by atoms with van der Waals surface area (Å²) in [6.07, 6.45) is 0.843. The topological polar surface area (TPSA) is 49.8 Å². The van der Waals surface area contributed by atoms with Gasteiger partial charge in [-0.15, -0.1) is 0 Å². The number of nitrogens with one attached hydrogen (secondary N) is 2. The molecule has 0 amide bonds. The van der Waals surface area contributed by atoms with E-state index >= 15 is 0 Å². The Labute approximate surface area is 70.6 Å². The van der Waals surface area contributed by atoms with Gasteiger partial charge in [-0.25, -0.2) is 0 Å². The summed E-state index contributed by atoms with van der Waals surface area (Å²) < 4.78 is 1.55. The molecule has 0 saturated carbocycles. The fraction of sp³-hybridized carbons (Fsp3) is 0.625. The summed E-state index contributed by atoms with van der Waals surface area (Å²) in [5.41, 5.74) is 2.12. The normalized spacial score (nSPS) is 22.3. The Morgan fingerprint density at radius 1 is 1.58 bits per heavy atom. The molecule has 2 rings (SSSR count). The van der Waals surface area contributed by atoms with E-state index in [-0.39, 0.29) is 11.6 Å². The summed E-state index contributed by atoms with van der Waals surface area (Å²) in [4.78, 5) is 11.5. The van der Waals surface area contributed by atoms with E-state index in [9.17, 15) is 4.79 Å². The van der Waals surface area contributed by atoms with E-state index in [1.807, 2.05) is 0 Å². The van der Waals surface area contributed by atoms with Crippen molar-refractivity contribution in [2.45, 2.75) is 19.4 Å². The Bertz CT molecular complexity index is 350. The van der Waals surface area contributed by atoms with Crippen molar-refractivity contribution in [2.75, 3.05) is 6.54 Å². The second-order valence-corrected chi connectivity index (χ2v) is 3.29. The smallest absolute Gasteiger partial charge is 0.269 e. The van der Waals surface area contributed by atoms with Crippen molar-refractivity contribution in [1.29, 1.82) is 0 Å². The van der Waals surface area contributed by atoms with Crippen molar-refractivity contribution in [1.82, 2.24) is 15.1 Å². The third-order valence-corrected chi connectivity index (χ3v) is 2.43. The van der Waals surface area contributed by atoms with Gasteiger partial charge in [-0.05, 0) is 13.3 Å². The number of fused-ring (bicyclic) bond motifs is 1. The van der Waals surface area contributed by atoms with Gasteiger partial charge in [0.25, 0.3) is 5.56 Å².